The Morgan fingerprint density at radius 3 is 2.90 bits per heavy atom. The maximum atomic E-state index is 11.9. The van der Waals surface area contributed by atoms with E-state index in [0.717, 1.165) is 30.8 Å². The van der Waals surface area contributed by atoms with E-state index in [2.05, 4.69) is 17.3 Å². The third-order valence-electron chi connectivity index (χ3n) is 3.97. The van der Waals surface area contributed by atoms with Crippen LogP contribution in [-0.2, 0) is 16.6 Å². The fraction of sp³-hybridized carbons (Fsp3) is 0.733. The van der Waals surface area contributed by atoms with Gasteiger partial charge in [0, 0.05) is 20.2 Å². The van der Waals surface area contributed by atoms with Crippen LogP contribution >= 0.6 is 0 Å². The second-order valence-corrected chi connectivity index (χ2v) is 5.79. The van der Waals surface area contributed by atoms with Gasteiger partial charge in [0.1, 0.15) is 5.69 Å². The Kier molecular flexibility index (Phi) is 5.22. The smallest absolute Gasteiger partial charge is 0.257 e. The number of ether oxygens (including phenoxy) is 2. The third-order valence-corrected chi connectivity index (χ3v) is 3.97. The maximum absolute atomic E-state index is 11.9. The summed E-state index contributed by atoms with van der Waals surface area (Å²) in [6.45, 7) is 7.39. The minimum absolute atomic E-state index is 0.0339. The van der Waals surface area contributed by atoms with Crippen molar-refractivity contribution < 1.29 is 14.3 Å². The van der Waals surface area contributed by atoms with Crippen molar-refractivity contribution in [3.63, 3.8) is 0 Å². The highest BCUT2D eigenvalue weighted by Crippen LogP contribution is 2.21. The summed E-state index contributed by atoms with van der Waals surface area (Å²) >= 11 is 0. The summed E-state index contributed by atoms with van der Waals surface area (Å²) in [7, 11) is 1.86. The van der Waals surface area contributed by atoms with Gasteiger partial charge in [0.25, 0.3) is 5.91 Å². The number of rotatable bonds is 5. The van der Waals surface area contributed by atoms with Crippen molar-refractivity contribution in [3.8, 4) is 5.75 Å². The average Bonchev–Trinajstić information content (AvgIpc) is 2.68. The van der Waals surface area contributed by atoms with Crippen LogP contribution in [0.3, 0.4) is 0 Å². The Bertz CT molecular complexity index is 499. The Morgan fingerprint density at radius 2 is 2.29 bits per heavy atom. The monoisotopic (exact) mass is 295 g/mol. The van der Waals surface area contributed by atoms with Crippen molar-refractivity contribution in [2.24, 2.45) is 13.0 Å². The predicted octanol–water partition coefficient (Wildman–Crippen LogP) is 1.35. The highest BCUT2D eigenvalue weighted by atomic mass is 16.5. The minimum atomic E-state index is -0.0863. The molecule has 2 atom stereocenters. The van der Waals surface area contributed by atoms with Gasteiger partial charge in [-0.05, 0) is 39.5 Å². The number of carbonyl (C=O) groups excluding carboxylic acids is 1. The minimum Gasteiger partial charge on any atom is -0.480 e. The molecule has 0 bridgehead atoms. The predicted molar refractivity (Wildman–Crippen MR) is 79.3 cm³/mol. The van der Waals surface area contributed by atoms with Crippen molar-refractivity contribution in [2.45, 2.75) is 39.7 Å². The van der Waals surface area contributed by atoms with Crippen molar-refractivity contribution in [1.82, 2.24) is 15.1 Å². The summed E-state index contributed by atoms with van der Waals surface area (Å²) < 4.78 is 12.8. The van der Waals surface area contributed by atoms with E-state index in [1.807, 2.05) is 20.9 Å². The third kappa shape index (κ3) is 4.20. The van der Waals surface area contributed by atoms with Crippen LogP contribution in [0.1, 0.15) is 31.2 Å². The zero-order valence-corrected chi connectivity index (χ0v) is 13.3. The summed E-state index contributed by atoms with van der Waals surface area (Å²) in [5.74, 6) is 1.11. The zero-order valence-electron chi connectivity index (χ0n) is 13.3. The van der Waals surface area contributed by atoms with Crippen LogP contribution in [-0.4, -0.2) is 41.6 Å². The van der Waals surface area contributed by atoms with E-state index in [1.165, 1.54) is 0 Å². The molecule has 0 spiro atoms. The Balaban J connectivity index is 1.74. The molecule has 0 saturated carbocycles. The molecule has 1 N–H and O–H groups in total. The van der Waals surface area contributed by atoms with Crippen molar-refractivity contribution in [2.75, 3.05) is 19.8 Å². The Morgan fingerprint density at radius 1 is 1.52 bits per heavy atom. The first-order valence-electron chi connectivity index (χ1n) is 7.48. The molecule has 6 nitrogen and oxygen atoms in total. The summed E-state index contributed by atoms with van der Waals surface area (Å²) in [6.07, 6.45) is 2.30. The standard InChI is InChI=1S/C15H25N3O3/c1-10-7-13(5-6-20-10)8-16-14(19)9-21-15-11(2)17-18(4)12(15)3/h10,13H,5-9H2,1-4H3,(H,16,19)/t10-,13+/m0/s1. The van der Waals surface area contributed by atoms with E-state index in [9.17, 15) is 4.79 Å². The van der Waals surface area contributed by atoms with Gasteiger partial charge in [-0.3, -0.25) is 9.48 Å². The van der Waals surface area contributed by atoms with Crippen LogP contribution < -0.4 is 10.1 Å². The molecular weight excluding hydrogens is 270 g/mol. The number of hydrogen-bond acceptors (Lipinski definition) is 4. The van der Waals surface area contributed by atoms with Gasteiger partial charge in [0.2, 0.25) is 0 Å². The SMILES string of the molecule is Cc1nn(C)c(C)c1OCC(=O)NC[C@@H]1CCO[C@@H](C)C1. The fourth-order valence-electron chi connectivity index (χ4n) is 2.69. The number of aromatic nitrogens is 2. The van der Waals surface area contributed by atoms with Gasteiger partial charge < -0.3 is 14.8 Å². The normalized spacial score (nSPS) is 22.1. The van der Waals surface area contributed by atoms with E-state index in [1.54, 1.807) is 4.68 Å². The average molecular weight is 295 g/mol. The molecule has 1 amide bonds. The highest BCUT2D eigenvalue weighted by Gasteiger charge is 2.20. The molecule has 0 unspecified atom stereocenters. The van der Waals surface area contributed by atoms with Crippen molar-refractivity contribution >= 4 is 5.91 Å². The van der Waals surface area contributed by atoms with Crippen LogP contribution in [0.2, 0.25) is 0 Å². The molecule has 21 heavy (non-hydrogen) atoms. The van der Waals surface area contributed by atoms with E-state index in [4.69, 9.17) is 9.47 Å². The number of nitrogens with zero attached hydrogens (tertiary/aromatic N) is 2. The van der Waals surface area contributed by atoms with Crippen LogP contribution in [0.4, 0.5) is 0 Å². The molecule has 1 aliphatic heterocycles. The van der Waals surface area contributed by atoms with Crippen LogP contribution in [0.15, 0.2) is 0 Å². The Hall–Kier alpha value is -1.56. The number of hydrogen-bond donors (Lipinski definition) is 1. The lowest BCUT2D eigenvalue weighted by molar-refractivity contribution is -0.123. The van der Waals surface area contributed by atoms with Gasteiger partial charge in [-0.1, -0.05) is 0 Å². The molecular formula is C15H25N3O3. The molecule has 1 fully saturated rings. The first kappa shape index (κ1) is 15.8. The van der Waals surface area contributed by atoms with Gasteiger partial charge >= 0.3 is 0 Å². The summed E-state index contributed by atoms with van der Waals surface area (Å²) in [6, 6.07) is 0. The first-order chi connectivity index (χ1) is 9.97. The van der Waals surface area contributed by atoms with Crippen molar-refractivity contribution in [3.05, 3.63) is 11.4 Å². The van der Waals surface area contributed by atoms with Gasteiger partial charge in [0.15, 0.2) is 12.4 Å². The van der Waals surface area contributed by atoms with Crippen LogP contribution in [0.25, 0.3) is 0 Å². The van der Waals surface area contributed by atoms with E-state index < -0.39 is 0 Å². The largest absolute Gasteiger partial charge is 0.480 e. The molecule has 2 rings (SSSR count). The number of amides is 1. The zero-order chi connectivity index (χ0) is 15.4. The molecule has 1 saturated heterocycles. The summed E-state index contributed by atoms with van der Waals surface area (Å²) in [4.78, 5) is 11.9. The number of carbonyl (C=O) groups is 1. The van der Waals surface area contributed by atoms with E-state index in [0.29, 0.717) is 18.2 Å². The molecule has 0 radical (unpaired) electrons. The molecule has 1 aliphatic rings. The second-order valence-electron chi connectivity index (χ2n) is 5.79. The molecule has 6 heteroatoms. The number of nitrogens with one attached hydrogen (secondary N) is 1. The molecule has 0 aromatic carbocycles. The lowest BCUT2D eigenvalue weighted by Gasteiger charge is -2.27. The van der Waals surface area contributed by atoms with Gasteiger partial charge in [-0.25, -0.2) is 0 Å². The summed E-state index contributed by atoms with van der Waals surface area (Å²) in [5.41, 5.74) is 1.74. The van der Waals surface area contributed by atoms with Crippen LogP contribution in [0, 0.1) is 19.8 Å². The molecule has 0 aliphatic carbocycles. The van der Waals surface area contributed by atoms with Gasteiger partial charge in [-0.2, -0.15) is 5.10 Å². The maximum Gasteiger partial charge on any atom is 0.257 e. The van der Waals surface area contributed by atoms with Crippen LogP contribution in [0.5, 0.6) is 5.75 Å². The molecule has 118 valence electrons. The lowest BCUT2D eigenvalue weighted by Crippen LogP contribution is -2.36. The molecule has 2 heterocycles. The highest BCUT2D eigenvalue weighted by molar-refractivity contribution is 5.77. The molecule has 1 aromatic heterocycles. The summed E-state index contributed by atoms with van der Waals surface area (Å²) in [5, 5.41) is 7.20. The number of aryl methyl sites for hydroxylation is 2. The fourth-order valence-corrected chi connectivity index (χ4v) is 2.69. The van der Waals surface area contributed by atoms with Gasteiger partial charge in [-0.15, -0.1) is 0 Å². The Labute approximate surface area is 125 Å². The molecule has 1 aromatic rings. The van der Waals surface area contributed by atoms with E-state index in [-0.39, 0.29) is 18.6 Å². The quantitative estimate of drug-likeness (QED) is 0.890. The first-order valence-corrected chi connectivity index (χ1v) is 7.48. The lowest BCUT2D eigenvalue weighted by atomic mass is 9.96. The van der Waals surface area contributed by atoms with Gasteiger partial charge in [0.05, 0.1) is 11.8 Å². The van der Waals surface area contributed by atoms with E-state index >= 15 is 0 Å². The second kappa shape index (κ2) is 6.93. The topological polar surface area (TPSA) is 65.4 Å². The van der Waals surface area contributed by atoms with Crippen molar-refractivity contribution in [1.29, 1.82) is 0 Å².